The van der Waals surface area contributed by atoms with Crippen LogP contribution >= 0.6 is 0 Å². The van der Waals surface area contributed by atoms with Crippen LogP contribution in [0.3, 0.4) is 0 Å². The molecule has 4 heteroatoms. The summed E-state index contributed by atoms with van der Waals surface area (Å²) in [5.74, 6) is 0. The highest BCUT2D eigenvalue weighted by Crippen LogP contribution is 2.00. The third-order valence-corrected chi connectivity index (χ3v) is 2.86. The van der Waals surface area contributed by atoms with E-state index in [1.165, 1.54) is 5.56 Å². The number of nitrogens with zero attached hydrogens (tertiary/aromatic N) is 3. The Hall–Kier alpha value is -0.870. The van der Waals surface area contributed by atoms with Gasteiger partial charge < -0.3 is 5.32 Å². The number of aryl methyl sites for hydroxylation is 1. The molecule has 0 amide bonds. The molecular weight excluding hydrogens is 188 g/mol. The molecule has 1 saturated heterocycles. The number of hydrogen-bond acceptors (Lipinski definition) is 3. The quantitative estimate of drug-likeness (QED) is 0.784. The van der Waals surface area contributed by atoms with Crippen LogP contribution in [0, 0.1) is 6.92 Å². The van der Waals surface area contributed by atoms with Crippen molar-refractivity contribution in [3.8, 4) is 0 Å². The summed E-state index contributed by atoms with van der Waals surface area (Å²) in [6.07, 6.45) is 4.02. The van der Waals surface area contributed by atoms with Crippen LogP contribution in [0.4, 0.5) is 0 Å². The molecule has 2 rings (SSSR count). The zero-order chi connectivity index (χ0) is 10.7. The smallest absolute Gasteiger partial charge is 0.0536 e. The van der Waals surface area contributed by atoms with E-state index in [2.05, 4.69) is 35.4 Å². The Balaban J connectivity index is 1.77. The van der Waals surface area contributed by atoms with Gasteiger partial charge in [0.25, 0.3) is 0 Å². The molecule has 15 heavy (non-hydrogen) atoms. The lowest BCUT2D eigenvalue weighted by atomic mass is 10.2. The second-order valence-electron chi connectivity index (χ2n) is 4.44. The monoisotopic (exact) mass is 208 g/mol. The molecule has 0 aliphatic carbocycles. The second kappa shape index (κ2) is 4.77. The predicted octanol–water partition coefficient (Wildman–Crippen LogP) is 0.485. The van der Waals surface area contributed by atoms with Gasteiger partial charge in [0.1, 0.15) is 0 Å². The van der Waals surface area contributed by atoms with E-state index in [1.54, 1.807) is 0 Å². The standard InChI is InChI=1S/C11H20N4/c1-10-7-13-15(8-10)6-5-14-4-3-12-11(2)9-14/h7-8,11-12H,3-6,9H2,1-2H3/t11-/m0/s1. The largest absolute Gasteiger partial charge is 0.312 e. The van der Waals surface area contributed by atoms with Crippen molar-refractivity contribution in [2.45, 2.75) is 26.4 Å². The van der Waals surface area contributed by atoms with E-state index in [1.807, 2.05) is 10.9 Å². The van der Waals surface area contributed by atoms with Gasteiger partial charge in [-0.15, -0.1) is 0 Å². The van der Waals surface area contributed by atoms with Crippen molar-refractivity contribution in [1.82, 2.24) is 20.0 Å². The first-order valence-corrected chi connectivity index (χ1v) is 5.69. The Bertz CT molecular complexity index is 307. The zero-order valence-corrected chi connectivity index (χ0v) is 9.61. The fourth-order valence-electron chi connectivity index (χ4n) is 2.05. The lowest BCUT2D eigenvalue weighted by Crippen LogP contribution is -2.49. The van der Waals surface area contributed by atoms with Crippen LogP contribution in [-0.4, -0.2) is 46.9 Å². The van der Waals surface area contributed by atoms with Gasteiger partial charge in [0.15, 0.2) is 0 Å². The minimum atomic E-state index is 0.623. The first kappa shape index (κ1) is 10.6. The van der Waals surface area contributed by atoms with Crippen molar-refractivity contribution in [3.63, 3.8) is 0 Å². The van der Waals surface area contributed by atoms with Gasteiger partial charge in [-0.1, -0.05) is 0 Å². The summed E-state index contributed by atoms with van der Waals surface area (Å²) in [6.45, 7) is 9.85. The van der Waals surface area contributed by atoms with Gasteiger partial charge in [0, 0.05) is 38.4 Å². The number of hydrogen-bond donors (Lipinski definition) is 1. The van der Waals surface area contributed by atoms with E-state index in [9.17, 15) is 0 Å². The Labute approximate surface area is 91.3 Å². The summed E-state index contributed by atoms with van der Waals surface area (Å²) in [4.78, 5) is 2.50. The number of nitrogens with one attached hydrogen (secondary N) is 1. The van der Waals surface area contributed by atoms with Gasteiger partial charge in [-0.2, -0.15) is 5.10 Å². The van der Waals surface area contributed by atoms with E-state index in [0.717, 1.165) is 32.7 Å². The van der Waals surface area contributed by atoms with Gasteiger partial charge in [0.2, 0.25) is 0 Å². The maximum atomic E-state index is 4.29. The van der Waals surface area contributed by atoms with E-state index < -0.39 is 0 Å². The SMILES string of the molecule is Cc1cnn(CCN2CCN[C@@H](C)C2)c1. The number of piperazine rings is 1. The van der Waals surface area contributed by atoms with E-state index in [4.69, 9.17) is 0 Å². The Morgan fingerprint density at radius 3 is 3.07 bits per heavy atom. The molecule has 2 heterocycles. The average Bonchev–Trinajstić information content (AvgIpc) is 2.62. The van der Waals surface area contributed by atoms with Crippen LogP contribution in [0.25, 0.3) is 0 Å². The predicted molar refractivity (Wildman–Crippen MR) is 60.9 cm³/mol. The van der Waals surface area contributed by atoms with Crippen molar-refractivity contribution < 1.29 is 0 Å². The van der Waals surface area contributed by atoms with Crippen LogP contribution in [0.5, 0.6) is 0 Å². The molecule has 0 saturated carbocycles. The maximum Gasteiger partial charge on any atom is 0.0536 e. The fourth-order valence-corrected chi connectivity index (χ4v) is 2.05. The van der Waals surface area contributed by atoms with Crippen molar-refractivity contribution in [1.29, 1.82) is 0 Å². The average molecular weight is 208 g/mol. The molecule has 0 aromatic carbocycles. The van der Waals surface area contributed by atoms with Gasteiger partial charge in [-0.25, -0.2) is 0 Å². The van der Waals surface area contributed by atoms with Gasteiger partial charge >= 0.3 is 0 Å². The minimum absolute atomic E-state index is 0.623. The van der Waals surface area contributed by atoms with Gasteiger partial charge in [-0.3, -0.25) is 9.58 Å². The van der Waals surface area contributed by atoms with Crippen LogP contribution < -0.4 is 5.32 Å². The lowest BCUT2D eigenvalue weighted by Gasteiger charge is -2.31. The van der Waals surface area contributed by atoms with Crippen molar-refractivity contribution >= 4 is 0 Å². The second-order valence-corrected chi connectivity index (χ2v) is 4.44. The third kappa shape index (κ3) is 3.04. The molecule has 1 aromatic heterocycles. The molecule has 0 radical (unpaired) electrons. The van der Waals surface area contributed by atoms with E-state index in [-0.39, 0.29) is 0 Å². The lowest BCUT2D eigenvalue weighted by molar-refractivity contribution is 0.198. The fraction of sp³-hybridized carbons (Fsp3) is 0.727. The third-order valence-electron chi connectivity index (χ3n) is 2.86. The molecule has 1 atom stereocenters. The van der Waals surface area contributed by atoms with Crippen LogP contribution in [0.1, 0.15) is 12.5 Å². The molecule has 1 fully saturated rings. The molecule has 1 aliphatic rings. The normalized spacial score (nSPS) is 23.2. The van der Waals surface area contributed by atoms with Crippen molar-refractivity contribution in [3.05, 3.63) is 18.0 Å². The van der Waals surface area contributed by atoms with E-state index >= 15 is 0 Å². The summed E-state index contributed by atoms with van der Waals surface area (Å²) in [5.41, 5.74) is 1.24. The van der Waals surface area contributed by atoms with Crippen LogP contribution in [0.15, 0.2) is 12.4 Å². The van der Waals surface area contributed by atoms with Gasteiger partial charge in [-0.05, 0) is 19.4 Å². The molecule has 0 spiro atoms. The Morgan fingerprint density at radius 1 is 1.53 bits per heavy atom. The Kier molecular flexibility index (Phi) is 3.38. The summed E-state index contributed by atoms with van der Waals surface area (Å²) in [6, 6.07) is 0.623. The summed E-state index contributed by atoms with van der Waals surface area (Å²) < 4.78 is 2.03. The molecule has 1 aromatic rings. The Morgan fingerprint density at radius 2 is 2.40 bits per heavy atom. The molecule has 1 N–H and O–H groups in total. The molecule has 4 nitrogen and oxygen atoms in total. The molecule has 0 unspecified atom stereocenters. The van der Waals surface area contributed by atoms with E-state index in [0.29, 0.717) is 6.04 Å². The van der Waals surface area contributed by atoms with Crippen LogP contribution in [-0.2, 0) is 6.54 Å². The highest BCUT2D eigenvalue weighted by Gasteiger charge is 2.14. The summed E-state index contributed by atoms with van der Waals surface area (Å²) in [5, 5.41) is 7.74. The van der Waals surface area contributed by atoms with Crippen molar-refractivity contribution in [2.75, 3.05) is 26.2 Å². The molecule has 84 valence electrons. The maximum absolute atomic E-state index is 4.29. The van der Waals surface area contributed by atoms with Gasteiger partial charge in [0.05, 0.1) is 12.7 Å². The highest BCUT2D eigenvalue weighted by molar-refractivity contribution is 4.99. The molecule has 1 aliphatic heterocycles. The highest BCUT2D eigenvalue weighted by atomic mass is 15.3. The zero-order valence-electron chi connectivity index (χ0n) is 9.61. The first-order chi connectivity index (χ1) is 7.24. The topological polar surface area (TPSA) is 33.1 Å². The first-order valence-electron chi connectivity index (χ1n) is 5.69. The molecule has 0 bridgehead atoms. The molecular formula is C11H20N4. The number of aromatic nitrogens is 2. The van der Waals surface area contributed by atoms with Crippen molar-refractivity contribution in [2.24, 2.45) is 0 Å². The summed E-state index contributed by atoms with van der Waals surface area (Å²) >= 11 is 0. The number of rotatable bonds is 3. The summed E-state index contributed by atoms with van der Waals surface area (Å²) in [7, 11) is 0. The van der Waals surface area contributed by atoms with Crippen LogP contribution in [0.2, 0.25) is 0 Å². The minimum Gasteiger partial charge on any atom is -0.312 e.